The Hall–Kier alpha value is -7.80. The van der Waals surface area contributed by atoms with Crippen LogP contribution in [0.3, 0.4) is 0 Å². The van der Waals surface area contributed by atoms with Crippen LogP contribution in [0, 0.1) is 0 Å². The van der Waals surface area contributed by atoms with Crippen molar-refractivity contribution in [2.24, 2.45) is 0 Å². The minimum absolute atomic E-state index is 0.0834. The van der Waals surface area contributed by atoms with Crippen molar-refractivity contribution in [1.29, 1.82) is 0 Å². The summed E-state index contributed by atoms with van der Waals surface area (Å²) in [6, 6.07) is 15.2. The molecule has 8 atom stereocenters. The second-order valence-corrected chi connectivity index (χ2v) is 15.7. The van der Waals surface area contributed by atoms with Gasteiger partial charge in [0, 0.05) is 69.3 Å². The first kappa shape index (κ1) is 40.6. The molecule has 0 saturated carbocycles. The molecule has 15 N–H and O–H groups in total. The molecule has 3 aliphatic heterocycles. The summed E-state index contributed by atoms with van der Waals surface area (Å²) in [5, 5.41) is 165. The smallest absolute Gasteiger partial charge is 0.200 e. The number of rotatable bonds is 5. The van der Waals surface area contributed by atoms with Gasteiger partial charge in [0.05, 0.1) is 6.10 Å². The molecular weight excluding hydrogens is 828 g/mol. The average molecular weight is 867 g/mol. The molecule has 3 aliphatic rings. The van der Waals surface area contributed by atoms with E-state index in [-0.39, 0.29) is 67.7 Å². The van der Waals surface area contributed by atoms with Crippen molar-refractivity contribution in [3.05, 3.63) is 123 Å². The Kier molecular flexibility index (Phi) is 9.46. The Morgan fingerprint density at radius 2 is 0.857 bits per heavy atom. The van der Waals surface area contributed by atoms with E-state index < -0.39 is 118 Å². The van der Waals surface area contributed by atoms with Gasteiger partial charge in [0.25, 0.3) is 0 Å². The molecule has 6 aromatic carbocycles. The summed E-state index contributed by atoms with van der Waals surface area (Å²) < 4.78 is 18.7. The van der Waals surface area contributed by atoms with Crippen LogP contribution in [0.4, 0.5) is 0 Å². The lowest BCUT2D eigenvalue weighted by Crippen LogP contribution is -2.38. The van der Waals surface area contributed by atoms with E-state index in [1.54, 1.807) is 0 Å². The standard InChI is InChI=1S/C45H38O18/c46-18-2-4-20-30(12-18)61-43(16-8-25(50)37(56)26(51)9-16)40(59)32(20)34-36(55)22-14-29(54)42(15-1-6-23(48)24(49)7-15)63-45(22)35(39(34)58)33-21-5-3-19(47)13-31(21)62-44(41(33)60)17-10-27(52)38(57)28(53)11-17/h1-13,29,32-33,40-44,46-60H,14H2/t29-,32-,33+,40-,41-,42+,43+,44+/m0/s1. The summed E-state index contributed by atoms with van der Waals surface area (Å²) in [6.45, 7) is 0. The van der Waals surface area contributed by atoms with Gasteiger partial charge in [-0.15, -0.1) is 0 Å². The van der Waals surface area contributed by atoms with E-state index in [9.17, 15) is 76.6 Å². The monoisotopic (exact) mass is 866 g/mol. The van der Waals surface area contributed by atoms with E-state index in [1.807, 2.05) is 0 Å². The summed E-state index contributed by atoms with van der Waals surface area (Å²) in [5.41, 5.74) is -0.716. The lowest BCUT2D eigenvalue weighted by atomic mass is 9.73. The highest BCUT2D eigenvalue weighted by atomic mass is 16.5. The predicted molar refractivity (Wildman–Crippen MR) is 214 cm³/mol. The highest BCUT2D eigenvalue weighted by Crippen LogP contribution is 2.61. The van der Waals surface area contributed by atoms with Crippen molar-refractivity contribution in [2.75, 3.05) is 0 Å². The van der Waals surface area contributed by atoms with E-state index in [2.05, 4.69) is 0 Å². The van der Waals surface area contributed by atoms with Gasteiger partial charge in [-0.1, -0.05) is 18.2 Å². The molecule has 6 aromatic rings. The highest BCUT2D eigenvalue weighted by Gasteiger charge is 2.49. The number of aliphatic hydroxyl groups is 3. The number of fused-ring (bicyclic) bond motifs is 3. The molecular formula is C45H38O18. The molecule has 0 saturated heterocycles. The van der Waals surface area contributed by atoms with Gasteiger partial charge in [-0.2, -0.15) is 0 Å². The maximum atomic E-state index is 12.9. The summed E-state index contributed by atoms with van der Waals surface area (Å²) in [4.78, 5) is 0. The molecule has 9 rings (SSSR count). The number of aromatic hydroxyl groups is 12. The molecule has 63 heavy (non-hydrogen) atoms. The number of aliphatic hydroxyl groups excluding tert-OH is 3. The Morgan fingerprint density at radius 1 is 0.397 bits per heavy atom. The zero-order chi connectivity index (χ0) is 44.9. The van der Waals surface area contributed by atoms with Crippen molar-refractivity contribution >= 4 is 0 Å². The summed E-state index contributed by atoms with van der Waals surface area (Å²) >= 11 is 0. The van der Waals surface area contributed by atoms with Crippen LogP contribution in [0.25, 0.3) is 0 Å². The summed E-state index contributed by atoms with van der Waals surface area (Å²) in [7, 11) is 0. The van der Waals surface area contributed by atoms with Gasteiger partial charge in [0.1, 0.15) is 58.6 Å². The highest BCUT2D eigenvalue weighted by molar-refractivity contribution is 5.70. The van der Waals surface area contributed by atoms with Crippen molar-refractivity contribution < 1.29 is 90.8 Å². The average Bonchev–Trinajstić information content (AvgIpc) is 3.23. The van der Waals surface area contributed by atoms with E-state index >= 15 is 0 Å². The first-order chi connectivity index (χ1) is 29.9. The minimum atomic E-state index is -1.84. The van der Waals surface area contributed by atoms with Crippen molar-refractivity contribution in [3.8, 4) is 86.2 Å². The lowest BCUT2D eigenvalue weighted by Gasteiger charge is -2.42. The number of benzene rings is 6. The Labute approximate surface area is 354 Å². The first-order valence-corrected chi connectivity index (χ1v) is 19.3. The topological polar surface area (TPSA) is 331 Å². The van der Waals surface area contributed by atoms with Crippen LogP contribution in [0.15, 0.2) is 78.9 Å². The van der Waals surface area contributed by atoms with Crippen LogP contribution in [-0.2, 0) is 6.42 Å². The molecule has 0 radical (unpaired) electrons. The van der Waals surface area contributed by atoms with E-state index in [0.29, 0.717) is 0 Å². The molecule has 0 amide bonds. The van der Waals surface area contributed by atoms with Gasteiger partial charge in [0.2, 0.25) is 0 Å². The number of phenols is 12. The third-order valence-corrected chi connectivity index (χ3v) is 11.8. The van der Waals surface area contributed by atoms with Crippen LogP contribution in [-0.4, -0.2) is 94.9 Å². The van der Waals surface area contributed by atoms with Gasteiger partial charge < -0.3 is 90.8 Å². The second kappa shape index (κ2) is 14.7. The van der Waals surface area contributed by atoms with E-state index in [0.717, 1.165) is 36.4 Å². The Balaban J connectivity index is 1.32. The summed E-state index contributed by atoms with van der Waals surface area (Å²) in [5.74, 6) is -11.6. The normalized spacial score (nSPS) is 23.6. The zero-order valence-electron chi connectivity index (χ0n) is 32.3. The summed E-state index contributed by atoms with van der Waals surface area (Å²) in [6.07, 6.45) is -10.1. The van der Waals surface area contributed by atoms with Gasteiger partial charge in [-0.05, 0) is 54.1 Å². The number of hydrogen-bond donors (Lipinski definition) is 15. The zero-order valence-corrected chi connectivity index (χ0v) is 32.3. The van der Waals surface area contributed by atoms with Crippen molar-refractivity contribution in [2.45, 2.75) is 54.9 Å². The van der Waals surface area contributed by atoms with Crippen LogP contribution < -0.4 is 14.2 Å². The molecule has 0 spiro atoms. The molecule has 0 aliphatic carbocycles. The van der Waals surface area contributed by atoms with Crippen molar-refractivity contribution in [3.63, 3.8) is 0 Å². The van der Waals surface area contributed by atoms with E-state index in [4.69, 9.17) is 14.2 Å². The van der Waals surface area contributed by atoms with E-state index in [1.165, 1.54) is 42.5 Å². The quantitative estimate of drug-likeness (QED) is 0.106. The molecule has 0 unspecified atom stereocenters. The molecule has 18 heteroatoms. The SMILES string of the molecule is Oc1ccc2c(c1)O[C@H](c1cc(O)c(O)c(O)c1)[C@@H](O)[C@H]2c1c(O)c([C@@H]2c3ccc(O)cc3O[C@H](c3cc(O)c(O)c(O)c3)[C@H]2O)c(O)c2c1O[C@H](c1ccc(O)c(O)c1)[C@@H](O)C2. The van der Waals surface area contributed by atoms with Gasteiger partial charge in [-0.25, -0.2) is 0 Å². The maximum Gasteiger partial charge on any atom is 0.200 e. The van der Waals surface area contributed by atoms with Crippen LogP contribution in [0.1, 0.15) is 74.7 Å². The van der Waals surface area contributed by atoms with Crippen LogP contribution in [0.5, 0.6) is 86.2 Å². The second-order valence-electron chi connectivity index (χ2n) is 15.7. The largest absolute Gasteiger partial charge is 0.508 e. The third kappa shape index (κ3) is 6.46. The molecule has 0 fully saturated rings. The molecule has 3 heterocycles. The molecule has 0 aromatic heterocycles. The third-order valence-electron chi connectivity index (χ3n) is 11.8. The van der Waals surface area contributed by atoms with Gasteiger partial charge >= 0.3 is 0 Å². The van der Waals surface area contributed by atoms with Crippen LogP contribution in [0.2, 0.25) is 0 Å². The van der Waals surface area contributed by atoms with Gasteiger partial charge in [-0.3, -0.25) is 0 Å². The predicted octanol–water partition coefficient (Wildman–Crippen LogP) is 4.44. The molecule has 18 nitrogen and oxygen atoms in total. The van der Waals surface area contributed by atoms with Crippen molar-refractivity contribution in [1.82, 2.24) is 0 Å². The minimum Gasteiger partial charge on any atom is -0.508 e. The Bertz CT molecular complexity index is 2800. The Morgan fingerprint density at radius 3 is 1.33 bits per heavy atom. The number of hydrogen-bond acceptors (Lipinski definition) is 18. The molecule has 326 valence electrons. The van der Waals surface area contributed by atoms with Crippen LogP contribution >= 0.6 is 0 Å². The number of ether oxygens (including phenoxy) is 3. The first-order valence-electron chi connectivity index (χ1n) is 19.3. The fraction of sp³-hybridized carbons (Fsp3) is 0.200. The fourth-order valence-electron chi connectivity index (χ4n) is 8.89. The maximum absolute atomic E-state index is 12.9. The fourth-order valence-corrected chi connectivity index (χ4v) is 8.89. The number of phenolic OH excluding ortho intramolecular Hbond substituents is 12. The lowest BCUT2D eigenvalue weighted by molar-refractivity contribution is 0.000294. The molecule has 0 bridgehead atoms. The van der Waals surface area contributed by atoms with Gasteiger partial charge in [0.15, 0.2) is 58.2 Å².